The van der Waals surface area contributed by atoms with Crippen molar-refractivity contribution in [2.45, 2.75) is 38.6 Å². The first-order valence-electron chi connectivity index (χ1n) is 5.49. The fraction of sp³-hybridized carbons (Fsp3) is 0.909. The number of hydrogen-bond donors (Lipinski definition) is 0. The Kier molecular flexibility index (Phi) is 3.78. The van der Waals surface area contributed by atoms with Crippen LogP contribution in [0.3, 0.4) is 0 Å². The summed E-state index contributed by atoms with van der Waals surface area (Å²) < 4.78 is 18.8. The predicted octanol–water partition coefficient (Wildman–Crippen LogP) is 1.51. The average molecular weight is 232 g/mol. The molecule has 0 aromatic heterocycles. The third-order valence-electron chi connectivity index (χ3n) is 2.53. The topological polar surface area (TPSA) is 32.8 Å². The van der Waals surface area contributed by atoms with Gasteiger partial charge in [0.15, 0.2) is 0 Å². The largest absolute Gasteiger partial charge is 0.444 e. The summed E-state index contributed by atoms with van der Waals surface area (Å²) in [6, 6.07) is -0.229. The second-order valence-electron chi connectivity index (χ2n) is 5.43. The third-order valence-corrected chi connectivity index (χ3v) is 2.53. The molecule has 0 aliphatic carbocycles. The highest BCUT2D eigenvalue weighted by Crippen LogP contribution is 2.19. The molecule has 1 aliphatic rings. The molecule has 0 unspecified atom stereocenters. The standard InChI is InChI=1S/C11H21FN2O2/c1-11(2,3)16-10(15)14-6-8(12)9(7-14)13(4)5/h8-9H,6-7H2,1-5H3/t8-,9+/m0/s1. The minimum absolute atomic E-state index is 0.123. The van der Waals surface area contributed by atoms with Gasteiger partial charge in [0.1, 0.15) is 11.8 Å². The quantitative estimate of drug-likeness (QED) is 0.687. The molecule has 1 aliphatic heterocycles. The van der Waals surface area contributed by atoms with Gasteiger partial charge < -0.3 is 14.5 Å². The van der Waals surface area contributed by atoms with E-state index in [4.69, 9.17) is 4.74 Å². The van der Waals surface area contributed by atoms with E-state index in [2.05, 4.69) is 0 Å². The summed E-state index contributed by atoms with van der Waals surface area (Å²) in [4.78, 5) is 14.9. The minimum Gasteiger partial charge on any atom is -0.444 e. The van der Waals surface area contributed by atoms with Crippen molar-refractivity contribution in [1.29, 1.82) is 0 Å². The van der Waals surface area contributed by atoms with Crippen LogP contribution in [0.5, 0.6) is 0 Å². The maximum atomic E-state index is 13.6. The molecule has 0 aromatic carbocycles. The van der Waals surface area contributed by atoms with Gasteiger partial charge in [-0.3, -0.25) is 0 Å². The maximum Gasteiger partial charge on any atom is 0.410 e. The van der Waals surface area contributed by atoms with Gasteiger partial charge in [-0.05, 0) is 34.9 Å². The number of carbonyl (C=O) groups is 1. The zero-order chi connectivity index (χ0) is 12.5. The molecule has 0 spiro atoms. The zero-order valence-electron chi connectivity index (χ0n) is 10.7. The van der Waals surface area contributed by atoms with Crippen LogP contribution in [-0.2, 0) is 4.74 Å². The highest BCUT2D eigenvalue weighted by atomic mass is 19.1. The van der Waals surface area contributed by atoms with E-state index in [1.165, 1.54) is 4.90 Å². The second-order valence-corrected chi connectivity index (χ2v) is 5.43. The Balaban J connectivity index is 2.55. The predicted molar refractivity (Wildman–Crippen MR) is 60.2 cm³/mol. The lowest BCUT2D eigenvalue weighted by molar-refractivity contribution is 0.0279. The molecule has 0 N–H and O–H groups in total. The van der Waals surface area contributed by atoms with E-state index in [9.17, 15) is 9.18 Å². The maximum absolute atomic E-state index is 13.6. The number of hydrogen-bond acceptors (Lipinski definition) is 3. The first-order chi connectivity index (χ1) is 7.20. The van der Waals surface area contributed by atoms with Gasteiger partial charge in [0.05, 0.1) is 12.6 Å². The van der Waals surface area contributed by atoms with E-state index in [1.807, 2.05) is 14.1 Å². The summed E-state index contributed by atoms with van der Waals surface area (Å²) in [6.07, 6.45) is -1.43. The Morgan fingerprint density at radius 3 is 2.31 bits per heavy atom. The Morgan fingerprint density at radius 2 is 1.94 bits per heavy atom. The Bertz CT molecular complexity index is 263. The number of likely N-dealkylation sites (tertiary alicyclic amines) is 1. The van der Waals surface area contributed by atoms with E-state index >= 15 is 0 Å². The lowest BCUT2D eigenvalue weighted by Gasteiger charge is -2.24. The van der Waals surface area contributed by atoms with E-state index in [-0.39, 0.29) is 12.6 Å². The van der Waals surface area contributed by atoms with E-state index in [0.29, 0.717) is 6.54 Å². The lowest BCUT2D eigenvalue weighted by Crippen LogP contribution is -2.38. The van der Waals surface area contributed by atoms with E-state index in [0.717, 1.165) is 0 Å². The monoisotopic (exact) mass is 232 g/mol. The molecule has 4 nitrogen and oxygen atoms in total. The fourth-order valence-electron chi connectivity index (χ4n) is 1.71. The molecule has 16 heavy (non-hydrogen) atoms. The Labute approximate surface area is 96.3 Å². The van der Waals surface area contributed by atoms with Gasteiger partial charge in [-0.2, -0.15) is 0 Å². The molecule has 0 radical (unpaired) electrons. The van der Waals surface area contributed by atoms with E-state index in [1.54, 1.807) is 25.7 Å². The molecule has 0 bridgehead atoms. The molecule has 0 aromatic rings. The number of ether oxygens (including phenoxy) is 1. The van der Waals surface area contributed by atoms with Crippen LogP contribution >= 0.6 is 0 Å². The van der Waals surface area contributed by atoms with Gasteiger partial charge in [0, 0.05) is 6.54 Å². The Hall–Kier alpha value is -0.840. The number of carbonyl (C=O) groups excluding carboxylic acids is 1. The molecule has 5 heteroatoms. The molecular formula is C11H21FN2O2. The van der Waals surface area contributed by atoms with Crippen LogP contribution in [0, 0.1) is 0 Å². The van der Waals surface area contributed by atoms with Gasteiger partial charge >= 0.3 is 6.09 Å². The summed E-state index contributed by atoms with van der Waals surface area (Å²) in [5.41, 5.74) is -0.529. The molecule has 1 fully saturated rings. The molecule has 1 rings (SSSR count). The molecule has 1 heterocycles. The van der Waals surface area contributed by atoms with Crippen molar-refractivity contribution >= 4 is 6.09 Å². The number of amides is 1. The van der Waals surface area contributed by atoms with E-state index < -0.39 is 17.9 Å². The first kappa shape index (κ1) is 13.2. The number of rotatable bonds is 1. The molecule has 1 amide bonds. The van der Waals surface area contributed by atoms with Crippen molar-refractivity contribution in [3.05, 3.63) is 0 Å². The summed E-state index contributed by atoms with van der Waals surface area (Å²) in [7, 11) is 3.63. The Morgan fingerprint density at radius 1 is 1.38 bits per heavy atom. The molecule has 2 atom stereocenters. The summed E-state index contributed by atoms with van der Waals surface area (Å²) in [5.74, 6) is 0. The number of likely N-dealkylation sites (N-methyl/N-ethyl adjacent to an activating group) is 1. The molecular weight excluding hydrogens is 211 g/mol. The summed E-state index contributed by atoms with van der Waals surface area (Å²) in [6.45, 7) is 5.92. The van der Waals surface area contributed by atoms with Crippen molar-refractivity contribution in [3.63, 3.8) is 0 Å². The number of halogens is 1. The summed E-state index contributed by atoms with van der Waals surface area (Å²) >= 11 is 0. The molecule has 94 valence electrons. The van der Waals surface area contributed by atoms with Crippen LogP contribution in [0.2, 0.25) is 0 Å². The first-order valence-corrected chi connectivity index (χ1v) is 5.49. The molecule has 0 saturated carbocycles. The smallest absolute Gasteiger partial charge is 0.410 e. The van der Waals surface area contributed by atoms with Crippen LogP contribution < -0.4 is 0 Å². The van der Waals surface area contributed by atoms with Gasteiger partial charge in [0.25, 0.3) is 0 Å². The van der Waals surface area contributed by atoms with Crippen LogP contribution in [-0.4, -0.2) is 60.9 Å². The van der Waals surface area contributed by atoms with Crippen molar-refractivity contribution in [2.24, 2.45) is 0 Å². The van der Waals surface area contributed by atoms with Crippen LogP contribution in [0.1, 0.15) is 20.8 Å². The van der Waals surface area contributed by atoms with Crippen LogP contribution in [0.15, 0.2) is 0 Å². The normalized spacial score (nSPS) is 26.3. The number of nitrogens with zero attached hydrogens (tertiary/aromatic N) is 2. The highest BCUT2D eigenvalue weighted by Gasteiger charge is 2.38. The van der Waals surface area contributed by atoms with Gasteiger partial charge in [-0.15, -0.1) is 0 Å². The van der Waals surface area contributed by atoms with Crippen molar-refractivity contribution in [1.82, 2.24) is 9.80 Å². The van der Waals surface area contributed by atoms with Crippen molar-refractivity contribution in [2.75, 3.05) is 27.2 Å². The van der Waals surface area contributed by atoms with Gasteiger partial charge in [-0.25, -0.2) is 9.18 Å². The number of alkyl halides is 1. The van der Waals surface area contributed by atoms with Crippen LogP contribution in [0.25, 0.3) is 0 Å². The van der Waals surface area contributed by atoms with Crippen molar-refractivity contribution < 1.29 is 13.9 Å². The zero-order valence-corrected chi connectivity index (χ0v) is 10.7. The second kappa shape index (κ2) is 4.57. The average Bonchev–Trinajstić information content (AvgIpc) is 2.44. The lowest BCUT2D eigenvalue weighted by atomic mass is 10.2. The van der Waals surface area contributed by atoms with Crippen molar-refractivity contribution in [3.8, 4) is 0 Å². The fourth-order valence-corrected chi connectivity index (χ4v) is 1.71. The molecule has 1 saturated heterocycles. The van der Waals surface area contributed by atoms with Gasteiger partial charge in [-0.1, -0.05) is 0 Å². The van der Waals surface area contributed by atoms with Gasteiger partial charge in [0.2, 0.25) is 0 Å². The highest BCUT2D eigenvalue weighted by molar-refractivity contribution is 5.68. The minimum atomic E-state index is -0.998. The SMILES string of the molecule is CN(C)[C@@H]1CN(C(=O)OC(C)(C)C)C[C@@H]1F. The third kappa shape index (κ3) is 3.33. The summed E-state index contributed by atoms with van der Waals surface area (Å²) in [5, 5.41) is 0. The van der Waals surface area contributed by atoms with Crippen LogP contribution in [0.4, 0.5) is 9.18 Å².